The average Bonchev–Trinajstić information content (AvgIpc) is 3.04. The summed E-state index contributed by atoms with van der Waals surface area (Å²) in [5.74, 6) is 1.78. The van der Waals surface area contributed by atoms with Gasteiger partial charge in [-0.05, 0) is 62.2 Å². The van der Waals surface area contributed by atoms with Crippen LogP contribution in [0.2, 0.25) is 5.02 Å². The summed E-state index contributed by atoms with van der Waals surface area (Å²) in [6.45, 7) is 10.4. The number of benzene rings is 2. The molecule has 0 unspecified atom stereocenters. The number of halogens is 1. The lowest BCUT2D eigenvalue weighted by molar-refractivity contribution is 0.0982. The lowest BCUT2D eigenvalue weighted by Gasteiger charge is -2.43. The van der Waals surface area contributed by atoms with Gasteiger partial charge in [0.2, 0.25) is 5.95 Å². The van der Waals surface area contributed by atoms with Crippen LogP contribution in [0.15, 0.2) is 36.5 Å². The molecule has 2 aliphatic rings. The molecule has 2 saturated heterocycles. The second-order valence-corrected chi connectivity index (χ2v) is 14.5. The number of methoxy groups -OCH3 is 2. The van der Waals surface area contributed by atoms with Gasteiger partial charge in [0.15, 0.2) is 15.7 Å². The minimum absolute atomic E-state index is 0.0287. The van der Waals surface area contributed by atoms with Crippen LogP contribution in [0.5, 0.6) is 11.5 Å². The minimum Gasteiger partial charge on any atom is -0.497 e. The van der Waals surface area contributed by atoms with Crippen LogP contribution in [-0.4, -0.2) is 101 Å². The summed E-state index contributed by atoms with van der Waals surface area (Å²) in [7, 11) is 2.10. The second-order valence-electron chi connectivity index (χ2n) is 11.7. The molecule has 13 heteroatoms. The molecule has 0 saturated carbocycles. The number of nitrogens with zero attached hydrogens (tertiary/aromatic N) is 5. The first-order valence-corrected chi connectivity index (χ1v) is 17.6. The fourth-order valence-corrected chi connectivity index (χ4v) is 7.04. The number of hydrogen-bond acceptors (Lipinski definition) is 11. The first-order chi connectivity index (χ1) is 21.6. The van der Waals surface area contributed by atoms with E-state index in [1.54, 1.807) is 39.3 Å². The monoisotopic (exact) mass is 657 g/mol. The Morgan fingerprint density at radius 2 is 1.71 bits per heavy atom. The first kappa shape index (κ1) is 33.1. The topological polar surface area (TPSA) is 112 Å². The van der Waals surface area contributed by atoms with Crippen LogP contribution in [0, 0.1) is 6.92 Å². The second kappa shape index (κ2) is 14.4. The zero-order valence-electron chi connectivity index (χ0n) is 26.8. The van der Waals surface area contributed by atoms with Gasteiger partial charge in [-0.2, -0.15) is 4.98 Å². The van der Waals surface area contributed by atoms with Crippen LogP contribution >= 0.6 is 11.6 Å². The Hall–Kier alpha value is -3.32. The fourth-order valence-electron chi connectivity index (χ4n) is 5.98. The summed E-state index contributed by atoms with van der Waals surface area (Å²) in [6.07, 6.45) is 3.81. The number of likely N-dealkylation sites (N-methyl/N-ethyl adjacent to an activating group) is 1. The maximum atomic E-state index is 12.5. The number of anilines is 5. The van der Waals surface area contributed by atoms with Crippen LogP contribution in [0.3, 0.4) is 0 Å². The van der Waals surface area contributed by atoms with E-state index in [0.717, 1.165) is 63.4 Å². The highest BCUT2D eigenvalue weighted by Gasteiger charge is 2.28. The lowest BCUT2D eigenvalue weighted by atomic mass is 10.0. The number of aromatic nitrogens is 2. The van der Waals surface area contributed by atoms with E-state index in [4.69, 9.17) is 21.1 Å². The molecular weight excluding hydrogens is 614 g/mol. The maximum absolute atomic E-state index is 12.5. The normalized spacial score (nSPS) is 16.9. The van der Waals surface area contributed by atoms with Crippen molar-refractivity contribution in [1.82, 2.24) is 19.8 Å². The van der Waals surface area contributed by atoms with Crippen molar-refractivity contribution in [3.05, 3.63) is 52.7 Å². The summed E-state index contributed by atoms with van der Waals surface area (Å²) in [5.41, 5.74) is 4.15. The molecule has 2 aliphatic heterocycles. The van der Waals surface area contributed by atoms with Gasteiger partial charge in [0, 0.05) is 68.5 Å². The van der Waals surface area contributed by atoms with E-state index in [2.05, 4.69) is 61.4 Å². The fraction of sp³-hybridized carbons (Fsp3) is 0.500. The van der Waals surface area contributed by atoms with Gasteiger partial charge in [0.05, 0.1) is 31.9 Å². The standard InChI is InChI=1S/C32H44ClN7O4S/c1-6-45(41,42)21-23-18-25(43-4)7-8-27(23)35-31-26(33)20-34-32(37-31)36-28-17-22(2)29(19-30(28)44-5)40-11-9-24(10-12-40)39-15-13-38(3)14-16-39/h7-8,17-20,24H,6,9-16,21H2,1-5H3,(H2,34,35,36,37). The van der Waals surface area contributed by atoms with Gasteiger partial charge < -0.3 is 29.9 Å². The van der Waals surface area contributed by atoms with Gasteiger partial charge in [-0.3, -0.25) is 4.90 Å². The molecule has 0 spiro atoms. The third-order valence-electron chi connectivity index (χ3n) is 8.75. The molecule has 2 N–H and O–H groups in total. The van der Waals surface area contributed by atoms with Crippen LogP contribution in [-0.2, 0) is 15.6 Å². The van der Waals surface area contributed by atoms with Crippen molar-refractivity contribution < 1.29 is 17.9 Å². The Bertz CT molecular complexity index is 1590. The van der Waals surface area contributed by atoms with Gasteiger partial charge in [0.25, 0.3) is 0 Å². The zero-order valence-corrected chi connectivity index (χ0v) is 28.3. The predicted octanol–water partition coefficient (Wildman–Crippen LogP) is 5.09. The lowest BCUT2D eigenvalue weighted by Crippen LogP contribution is -2.52. The van der Waals surface area contributed by atoms with E-state index >= 15 is 0 Å². The summed E-state index contributed by atoms with van der Waals surface area (Å²) >= 11 is 6.48. The summed E-state index contributed by atoms with van der Waals surface area (Å²) < 4.78 is 36.0. The van der Waals surface area contributed by atoms with Crippen molar-refractivity contribution in [2.45, 2.75) is 38.5 Å². The SMILES string of the molecule is CCS(=O)(=O)Cc1cc(OC)ccc1Nc1nc(Nc2cc(C)c(N3CCC(N4CCN(C)CC4)CC3)cc2OC)ncc1Cl. The number of rotatable bonds is 11. The molecule has 0 atom stereocenters. The highest BCUT2D eigenvalue weighted by atomic mass is 35.5. The van der Waals surface area contributed by atoms with E-state index in [1.807, 2.05) is 0 Å². The van der Waals surface area contributed by atoms with Crippen LogP contribution in [0.25, 0.3) is 0 Å². The smallest absolute Gasteiger partial charge is 0.229 e. The third-order valence-corrected chi connectivity index (χ3v) is 10.7. The number of sulfone groups is 1. The minimum atomic E-state index is -3.30. The van der Waals surface area contributed by atoms with Gasteiger partial charge in [-0.25, -0.2) is 13.4 Å². The van der Waals surface area contributed by atoms with Crippen molar-refractivity contribution in [1.29, 1.82) is 0 Å². The molecule has 3 heterocycles. The first-order valence-electron chi connectivity index (χ1n) is 15.4. The van der Waals surface area contributed by atoms with E-state index < -0.39 is 9.84 Å². The molecule has 2 aromatic carbocycles. The number of piperidine rings is 1. The highest BCUT2D eigenvalue weighted by molar-refractivity contribution is 7.90. The molecule has 0 bridgehead atoms. The van der Waals surface area contributed by atoms with E-state index in [1.165, 1.54) is 11.9 Å². The molecule has 1 aromatic heterocycles. The Morgan fingerprint density at radius 1 is 0.978 bits per heavy atom. The largest absolute Gasteiger partial charge is 0.497 e. The van der Waals surface area contributed by atoms with Crippen molar-refractivity contribution in [3.63, 3.8) is 0 Å². The molecule has 2 fully saturated rings. The number of aryl methyl sites for hydroxylation is 1. The molecule has 5 rings (SSSR count). The molecule has 244 valence electrons. The molecule has 0 aliphatic carbocycles. The van der Waals surface area contributed by atoms with Crippen LogP contribution in [0.4, 0.5) is 28.8 Å². The molecular formula is C32H44ClN7O4S. The molecule has 0 amide bonds. The van der Waals surface area contributed by atoms with Gasteiger partial charge in [-0.1, -0.05) is 18.5 Å². The van der Waals surface area contributed by atoms with Gasteiger partial charge >= 0.3 is 0 Å². The summed E-state index contributed by atoms with van der Waals surface area (Å²) in [6, 6.07) is 10.00. The number of piperazine rings is 1. The zero-order chi connectivity index (χ0) is 32.1. The molecule has 11 nitrogen and oxygen atoms in total. The quantitative estimate of drug-likeness (QED) is 0.287. The predicted molar refractivity (Wildman–Crippen MR) is 182 cm³/mol. The Morgan fingerprint density at radius 3 is 2.38 bits per heavy atom. The molecule has 45 heavy (non-hydrogen) atoms. The number of ether oxygens (including phenoxy) is 2. The summed E-state index contributed by atoms with van der Waals surface area (Å²) in [4.78, 5) is 16.5. The molecule has 3 aromatic rings. The maximum Gasteiger partial charge on any atom is 0.229 e. The average molecular weight is 658 g/mol. The Balaban J connectivity index is 1.32. The van der Waals surface area contributed by atoms with Crippen molar-refractivity contribution in [2.75, 3.05) is 81.8 Å². The van der Waals surface area contributed by atoms with Crippen LogP contribution < -0.4 is 25.0 Å². The highest BCUT2D eigenvalue weighted by Crippen LogP contribution is 2.37. The van der Waals surface area contributed by atoms with Crippen molar-refractivity contribution in [3.8, 4) is 11.5 Å². The van der Waals surface area contributed by atoms with E-state index in [9.17, 15) is 8.42 Å². The Labute approximate surface area is 271 Å². The van der Waals surface area contributed by atoms with Crippen molar-refractivity contribution in [2.24, 2.45) is 0 Å². The van der Waals surface area contributed by atoms with Crippen LogP contribution in [0.1, 0.15) is 30.9 Å². The summed E-state index contributed by atoms with van der Waals surface area (Å²) in [5, 5.41) is 6.78. The number of nitrogens with one attached hydrogen (secondary N) is 2. The third kappa shape index (κ3) is 8.10. The van der Waals surface area contributed by atoms with Gasteiger partial charge in [-0.15, -0.1) is 0 Å². The number of hydrogen-bond donors (Lipinski definition) is 2. The van der Waals surface area contributed by atoms with Gasteiger partial charge in [0.1, 0.15) is 16.5 Å². The van der Waals surface area contributed by atoms with E-state index in [-0.39, 0.29) is 11.5 Å². The molecule has 0 radical (unpaired) electrons. The van der Waals surface area contributed by atoms with E-state index in [0.29, 0.717) is 45.6 Å². The van der Waals surface area contributed by atoms with Crippen molar-refractivity contribution >= 4 is 50.3 Å². The Kier molecular flexibility index (Phi) is 10.6.